The molecular weight excluding hydrogens is 767 g/mol. The molecule has 0 aromatic rings. The molecule has 6 nitrogen and oxygen atoms in total. The van der Waals surface area contributed by atoms with Gasteiger partial charge >= 0.3 is 5.97 Å². The largest absolute Gasteiger partial charge is 0.462 e. The second-order valence-electron chi connectivity index (χ2n) is 18.1. The highest BCUT2D eigenvalue weighted by Crippen LogP contribution is 2.18. The summed E-state index contributed by atoms with van der Waals surface area (Å²) in [7, 11) is 0. The van der Waals surface area contributed by atoms with Gasteiger partial charge in [0.25, 0.3) is 0 Å². The number of unbranched alkanes of at least 4 members (excludes halogenated alkanes) is 29. The maximum absolute atomic E-state index is 13.2. The van der Waals surface area contributed by atoms with Gasteiger partial charge in [-0.3, -0.25) is 9.59 Å². The average Bonchev–Trinajstić information content (AvgIpc) is 3.26. The molecule has 0 heterocycles. The van der Waals surface area contributed by atoms with Crippen molar-refractivity contribution < 1.29 is 24.5 Å². The predicted molar refractivity (Wildman–Crippen MR) is 268 cm³/mol. The molecule has 0 saturated carbocycles. The molecule has 0 aromatic carbocycles. The van der Waals surface area contributed by atoms with Crippen LogP contribution in [0.15, 0.2) is 60.8 Å². The van der Waals surface area contributed by atoms with E-state index in [2.05, 4.69) is 62.5 Å². The number of ether oxygens (including phenoxy) is 1. The van der Waals surface area contributed by atoms with Gasteiger partial charge in [-0.25, -0.2) is 0 Å². The minimum Gasteiger partial charge on any atom is -0.462 e. The molecule has 3 unspecified atom stereocenters. The molecule has 3 N–H and O–H groups in total. The number of aliphatic hydroxyl groups is 2. The number of hydrogen-bond donors (Lipinski definition) is 3. The van der Waals surface area contributed by atoms with E-state index in [0.29, 0.717) is 19.3 Å². The Morgan fingerprint density at radius 3 is 1.31 bits per heavy atom. The topological polar surface area (TPSA) is 95.9 Å². The van der Waals surface area contributed by atoms with Crippen LogP contribution in [0, 0.1) is 0 Å². The van der Waals surface area contributed by atoms with Crippen molar-refractivity contribution in [1.82, 2.24) is 5.32 Å². The summed E-state index contributed by atoms with van der Waals surface area (Å²) in [5.41, 5.74) is 0. The number of esters is 1. The zero-order valence-electron chi connectivity index (χ0n) is 41.0. The van der Waals surface area contributed by atoms with E-state index in [1.807, 2.05) is 24.3 Å². The summed E-state index contributed by atoms with van der Waals surface area (Å²) >= 11 is 0. The number of carbonyl (C=O) groups is 2. The Morgan fingerprint density at radius 2 is 0.855 bits per heavy atom. The van der Waals surface area contributed by atoms with Gasteiger partial charge in [0, 0.05) is 6.42 Å². The molecule has 0 aliphatic heterocycles. The maximum Gasteiger partial charge on any atom is 0.306 e. The average molecular weight is 868 g/mol. The first-order chi connectivity index (χ1) is 30.5. The van der Waals surface area contributed by atoms with Crippen molar-refractivity contribution in [3.05, 3.63) is 60.8 Å². The summed E-state index contributed by atoms with van der Waals surface area (Å²) in [4.78, 5) is 26.2. The van der Waals surface area contributed by atoms with Gasteiger partial charge in [-0.05, 0) is 44.9 Å². The number of carbonyl (C=O) groups excluding carboxylic acids is 2. The smallest absolute Gasteiger partial charge is 0.306 e. The number of allylic oxidation sites excluding steroid dienone is 10. The maximum atomic E-state index is 13.2. The Hall–Kier alpha value is -2.44. The normalized spacial score (nSPS) is 13.7. The SMILES string of the molecule is CCC/C=C/C=C/C=C/C=C/C=C/CCCCCCCC(=O)OC(CCCCCCCCCCCCCCCC)CC(=O)NC(CO)C(O)CCCCCCCCCCCCC. The van der Waals surface area contributed by atoms with Crippen LogP contribution < -0.4 is 5.32 Å². The minimum atomic E-state index is -0.791. The highest BCUT2D eigenvalue weighted by Gasteiger charge is 2.24. The Kier molecular flexibility index (Phi) is 47.6. The van der Waals surface area contributed by atoms with Crippen LogP contribution in [0.5, 0.6) is 0 Å². The van der Waals surface area contributed by atoms with Crippen LogP contribution in [0.25, 0.3) is 0 Å². The standard InChI is InChI=1S/C56H101NO5/c1-4-7-10-13-16-19-22-24-26-27-28-29-31-34-37-40-43-46-49-56(61)62-52(47-44-41-38-35-33-30-25-23-20-17-14-11-8-5-2)50-55(60)57-53(51-58)54(59)48-45-42-39-36-32-21-18-15-12-9-6-3/h10,13,16,19,22,24,26-29,52-54,58-59H,4-9,11-12,14-15,17-18,20-21,23,25,30-51H2,1-3H3,(H,57,60)/b13-10+,19-16+,24-22+,27-26+,29-28+. The van der Waals surface area contributed by atoms with Crippen LogP contribution in [0.3, 0.4) is 0 Å². The molecule has 0 aliphatic rings. The van der Waals surface area contributed by atoms with E-state index in [9.17, 15) is 19.8 Å². The summed E-state index contributed by atoms with van der Waals surface area (Å²) in [6.07, 6.45) is 61.3. The molecule has 3 atom stereocenters. The number of aliphatic hydroxyl groups excluding tert-OH is 2. The van der Waals surface area contributed by atoms with Crippen LogP contribution in [0.2, 0.25) is 0 Å². The lowest BCUT2D eigenvalue weighted by molar-refractivity contribution is -0.151. The fourth-order valence-corrected chi connectivity index (χ4v) is 7.93. The number of rotatable bonds is 47. The number of nitrogens with one attached hydrogen (secondary N) is 1. The van der Waals surface area contributed by atoms with Gasteiger partial charge in [0.2, 0.25) is 5.91 Å². The Bertz CT molecular complexity index is 1110. The molecule has 0 aliphatic carbocycles. The van der Waals surface area contributed by atoms with Crippen molar-refractivity contribution in [2.75, 3.05) is 6.61 Å². The highest BCUT2D eigenvalue weighted by atomic mass is 16.5. The van der Waals surface area contributed by atoms with Crippen LogP contribution in [0.4, 0.5) is 0 Å². The minimum absolute atomic E-state index is 0.0681. The van der Waals surface area contributed by atoms with Gasteiger partial charge in [0.05, 0.1) is 25.2 Å². The van der Waals surface area contributed by atoms with Crippen LogP contribution in [0.1, 0.15) is 258 Å². The molecule has 0 bridgehead atoms. The van der Waals surface area contributed by atoms with Gasteiger partial charge in [0.15, 0.2) is 0 Å². The third-order valence-corrected chi connectivity index (χ3v) is 12.0. The number of amides is 1. The first kappa shape index (κ1) is 59.6. The molecule has 0 spiro atoms. The lowest BCUT2D eigenvalue weighted by Gasteiger charge is -2.24. The summed E-state index contributed by atoms with van der Waals surface area (Å²) in [5.74, 6) is -0.496. The van der Waals surface area contributed by atoms with Crippen molar-refractivity contribution >= 4 is 11.9 Å². The van der Waals surface area contributed by atoms with E-state index in [-0.39, 0.29) is 24.9 Å². The molecule has 0 aromatic heterocycles. The number of hydrogen-bond acceptors (Lipinski definition) is 5. The molecular formula is C56H101NO5. The second kappa shape index (κ2) is 49.6. The third kappa shape index (κ3) is 44.2. The summed E-state index contributed by atoms with van der Waals surface area (Å²) in [6, 6.07) is -0.706. The zero-order chi connectivity index (χ0) is 45.2. The summed E-state index contributed by atoms with van der Waals surface area (Å²) < 4.78 is 5.94. The van der Waals surface area contributed by atoms with E-state index in [0.717, 1.165) is 77.0 Å². The molecule has 62 heavy (non-hydrogen) atoms. The Balaban J connectivity index is 4.62. The van der Waals surface area contributed by atoms with Gasteiger partial charge in [-0.15, -0.1) is 0 Å². The monoisotopic (exact) mass is 868 g/mol. The van der Waals surface area contributed by atoms with Gasteiger partial charge in [-0.1, -0.05) is 261 Å². The molecule has 360 valence electrons. The predicted octanol–water partition coefficient (Wildman–Crippen LogP) is 16.0. The first-order valence-electron chi connectivity index (χ1n) is 26.6. The highest BCUT2D eigenvalue weighted by molar-refractivity contribution is 5.77. The van der Waals surface area contributed by atoms with E-state index < -0.39 is 18.2 Å². The lowest BCUT2D eigenvalue weighted by atomic mass is 10.0. The van der Waals surface area contributed by atoms with Gasteiger partial charge in [0.1, 0.15) is 6.10 Å². The summed E-state index contributed by atoms with van der Waals surface area (Å²) in [6.45, 7) is 6.40. The van der Waals surface area contributed by atoms with E-state index >= 15 is 0 Å². The van der Waals surface area contributed by atoms with E-state index in [1.54, 1.807) is 0 Å². The zero-order valence-corrected chi connectivity index (χ0v) is 41.0. The molecule has 0 saturated heterocycles. The van der Waals surface area contributed by atoms with Crippen molar-refractivity contribution in [2.24, 2.45) is 0 Å². The lowest BCUT2D eigenvalue weighted by Crippen LogP contribution is -2.46. The van der Waals surface area contributed by atoms with Crippen molar-refractivity contribution in [1.29, 1.82) is 0 Å². The van der Waals surface area contributed by atoms with E-state index in [4.69, 9.17) is 4.74 Å². The molecule has 1 amide bonds. The van der Waals surface area contributed by atoms with Crippen molar-refractivity contribution in [3.8, 4) is 0 Å². The fourth-order valence-electron chi connectivity index (χ4n) is 7.93. The van der Waals surface area contributed by atoms with Crippen LogP contribution in [-0.2, 0) is 14.3 Å². The van der Waals surface area contributed by atoms with Crippen LogP contribution in [-0.4, -0.2) is 46.9 Å². The molecule has 0 fully saturated rings. The molecule has 6 heteroatoms. The van der Waals surface area contributed by atoms with Crippen LogP contribution >= 0.6 is 0 Å². The van der Waals surface area contributed by atoms with E-state index in [1.165, 1.54) is 135 Å². The first-order valence-corrected chi connectivity index (χ1v) is 26.6. The molecule has 0 rings (SSSR count). The van der Waals surface area contributed by atoms with Gasteiger partial charge in [-0.2, -0.15) is 0 Å². The Morgan fingerprint density at radius 1 is 0.468 bits per heavy atom. The quantitative estimate of drug-likeness (QED) is 0.0322. The van der Waals surface area contributed by atoms with Gasteiger partial charge < -0.3 is 20.3 Å². The van der Waals surface area contributed by atoms with Crippen molar-refractivity contribution in [3.63, 3.8) is 0 Å². The second-order valence-corrected chi connectivity index (χ2v) is 18.1. The third-order valence-electron chi connectivity index (χ3n) is 12.0. The Labute approximate surface area is 384 Å². The summed E-state index contributed by atoms with van der Waals surface area (Å²) in [5, 5.41) is 23.8. The fraction of sp³-hybridized carbons (Fsp3) is 0.786. The molecule has 0 radical (unpaired) electrons. The van der Waals surface area contributed by atoms with Crippen molar-refractivity contribution in [2.45, 2.75) is 277 Å².